The number of phenols is 1. The molecule has 0 aliphatic heterocycles. The second-order valence-electron chi connectivity index (χ2n) is 3.81. The molecule has 3 nitrogen and oxygen atoms in total. The van der Waals surface area contributed by atoms with Crippen LogP contribution in [0.15, 0.2) is 48.5 Å². The molecule has 3 heteroatoms. The summed E-state index contributed by atoms with van der Waals surface area (Å²) in [7, 11) is 0. The maximum Gasteiger partial charge on any atom is 0.335 e. The van der Waals surface area contributed by atoms with E-state index < -0.39 is 5.97 Å². The van der Waals surface area contributed by atoms with E-state index in [-0.39, 0.29) is 11.3 Å². The van der Waals surface area contributed by atoms with Crippen molar-refractivity contribution < 1.29 is 15.0 Å². The van der Waals surface area contributed by atoms with Crippen LogP contribution in [0.5, 0.6) is 5.75 Å². The molecular weight excluding hydrogens is 216 g/mol. The van der Waals surface area contributed by atoms with Crippen molar-refractivity contribution in [1.82, 2.24) is 0 Å². The Morgan fingerprint density at radius 2 is 1.76 bits per heavy atom. The third-order valence-electron chi connectivity index (χ3n) is 2.56. The van der Waals surface area contributed by atoms with Gasteiger partial charge in [0.2, 0.25) is 0 Å². The van der Waals surface area contributed by atoms with Gasteiger partial charge in [0, 0.05) is 0 Å². The van der Waals surface area contributed by atoms with Gasteiger partial charge in [-0.2, -0.15) is 0 Å². The minimum Gasteiger partial charge on any atom is -0.508 e. The average Bonchev–Trinajstić information content (AvgIpc) is 2.30. The van der Waals surface area contributed by atoms with Gasteiger partial charge in [0.05, 0.1) is 5.56 Å². The van der Waals surface area contributed by atoms with Crippen LogP contribution in [-0.4, -0.2) is 16.2 Å². The van der Waals surface area contributed by atoms with Crippen molar-refractivity contribution in [2.45, 2.75) is 6.42 Å². The monoisotopic (exact) mass is 228 g/mol. The maximum atomic E-state index is 11.0. The van der Waals surface area contributed by atoms with Crippen molar-refractivity contribution >= 4 is 5.97 Å². The number of hydrogen-bond acceptors (Lipinski definition) is 2. The van der Waals surface area contributed by atoms with Crippen LogP contribution in [0, 0.1) is 0 Å². The van der Waals surface area contributed by atoms with Crippen molar-refractivity contribution in [2.24, 2.45) is 0 Å². The van der Waals surface area contributed by atoms with Gasteiger partial charge in [-0.25, -0.2) is 4.79 Å². The lowest BCUT2D eigenvalue weighted by molar-refractivity contribution is 0.0696. The van der Waals surface area contributed by atoms with E-state index in [1.165, 1.54) is 18.2 Å². The topological polar surface area (TPSA) is 57.5 Å². The predicted molar refractivity (Wildman–Crippen MR) is 64.3 cm³/mol. The van der Waals surface area contributed by atoms with Crippen molar-refractivity contribution in [3.63, 3.8) is 0 Å². The van der Waals surface area contributed by atoms with Crippen molar-refractivity contribution in [2.75, 3.05) is 0 Å². The van der Waals surface area contributed by atoms with Gasteiger partial charge in [-0.15, -0.1) is 0 Å². The summed E-state index contributed by atoms with van der Waals surface area (Å²) < 4.78 is 0. The molecule has 0 heterocycles. The Kier molecular flexibility index (Phi) is 3.10. The van der Waals surface area contributed by atoms with E-state index in [1.807, 2.05) is 30.3 Å². The van der Waals surface area contributed by atoms with Crippen LogP contribution in [0.2, 0.25) is 0 Å². The highest BCUT2D eigenvalue weighted by molar-refractivity contribution is 5.89. The minimum atomic E-state index is -0.976. The van der Waals surface area contributed by atoms with E-state index in [9.17, 15) is 9.90 Å². The van der Waals surface area contributed by atoms with Crippen LogP contribution in [0.3, 0.4) is 0 Å². The highest BCUT2D eigenvalue weighted by Gasteiger charge is 2.10. The van der Waals surface area contributed by atoms with Crippen molar-refractivity contribution in [1.29, 1.82) is 0 Å². The molecule has 17 heavy (non-hydrogen) atoms. The van der Waals surface area contributed by atoms with Gasteiger partial charge in [0.1, 0.15) is 5.75 Å². The average molecular weight is 228 g/mol. The van der Waals surface area contributed by atoms with Gasteiger partial charge in [-0.1, -0.05) is 30.3 Å². The summed E-state index contributed by atoms with van der Waals surface area (Å²) in [6.45, 7) is 0. The van der Waals surface area contributed by atoms with E-state index in [1.54, 1.807) is 0 Å². The molecule has 0 saturated carbocycles. The van der Waals surface area contributed by atoms with Gasteiger partial charge in [-0.05, 0) is 35.7 Å². The molecule has 0 aromatic heterocycles. The number of carboxylic acid groups (broad SMARTS) is 1. The zero-order valence-electron chi connectivity index (χ0n) is 9.13. The molecule has 0 radical (unpaired) electrons. The molecule has 0 bridgehead atoms. The van der Waals surface area contributed by atoms with Gasteiger partial charge in [0.25, 0.3) is 0 Å². The van der Waals surface area contributed by atoms with E-state index in [0.29, 0.717) is 12.0 Å². The van der Waals surface area contributed by atoms with E-state index in [0.717, 1.165) is 5.56 Å². The summed E-state index contributed by atoms with van der Waals surface area (Å²) in [5, 5.41) is 18.5. The molecule has 2 N–H and O–H groups in total. The third kappa shape index (κ3) is 2.64. The number of phenolic OH excluding ortho intramolecular Hbond substituents is 1. The first kappa shape index (κ1) is 11.2. The molecule has 0 saturated heterocycles. The standard InChI is InChI=1S/C14H12O3/c15-12-6-7-13(14(16)17)11(9-12)8-10-4-2-1-3-5-10/h1-7,9,15H,8H2,(H,16,17). The number of rotatable bonds is 3. The van der Waals surface area contributed by atoms with Gasteiger partial charge in [-0.3, -0.25) is 0 Å². The van der Waals surface area contributed by atoms with Gasteiger partial charge < -0.3 is 10.2 Å². The fraction of sp³-hybridized carbons (Fsp3) is 0.0714. The lowest BCUT2D eigenvalue weighted by Crippen LogP contribution is -2.02. The minimum absolute atomic E-state index is 0.0842. The first-order valence-electron chi connectivity index (χ1n) is 5.26. The summed E-state index contributed by atoms with van der Waals surface area (Å²) in [4.78, 5) is 11.0. The Hall–Kier alpha value is -2.29. The summed E-state index contributed by atoms with van der Waals surface area (Å²) in [5.41, 5.74) is 1.86. The first-order chi connectivity index (χ1) is 8.16. The molecule has 0 spiro atoms. The molecule has 0 aliphatic carbocycles. The fourth-order valence-corrected chi connectivity index (χ4v) is 1.75. The molecule has 2 aromatic carbocycles. The molecule has 0 amide bonds. The Labute approximate surface area is 99.0 Å². The fourth-order valence-electron chi connectivity index (χ4n) is 1.75. The normalized spacial score (nSPS) is 10.1. The molecule has 0 aliphatic rings. The van der Waals surface area contributed by atoms with Crippen molar-refractivity contribution in [3.8, 4) is 5.75 Å². The number of carbonyl (C=O) groups is 1. The quantitative estimate of drug-likeness (QED) is 0.849. The SMILES string of the molecule is O=C(O)c1ccc(O)cc1Cc1ccccc1. The summed E-state index contributed by atoms with van der Waals surface area (Å²) in [5.74, 6) is -0.892. The highest BCUT2D eigenvalue weighted by Crippen LogP contribution is 2.20. The number of benzene rings is 2. The van der Waals surface area contributed by atoms with Gasteiger partial charge >= 0.3 is 5.97 Å². The molecule has 0 fully saturated rings. The van der Waals surface area contributed by atoms with Crippen LogP contribution in [0.1, 0.15) is 21.5 Å². The zero-order chi connectivity index (χ0) is 12.3. The number of aromatic carboxylic acids is 1. The predicted octanol–water partition coefficient (Wildman–Crippen LogP) is 2.68. The van der Waals surface area contributed by atoms with Crippen LogP contribution < -0.4 is 0 Å². The smallest absolute Gasteiger partial charge is 0.335 e. The molecular formula is C14H12O3. The third-order valence-corrected chi connectivity index (χ3v) is 2.56. The van der Waals surface area contributed by atoms with E-state index in [2.05, 4.69) is 0 Å². The Balaban J connectivity index is 2.37. The lowest BCUT2D eigenvalue weighted by Gasteiger charge is -2.06. The molecule has 0 atom stereocenters. The lowest BCUT2D eigenvalue weighted by atomic mass is 9.99. The first-order valence-corrected chi connectivity index (χ1v) is 5.26. The van der Waals surface area contributed by atoms with Crippen LogP contribution in [0.4, 0.5) is 0 Å². The maximum absolute atomic E-state index is 11.0. The van der Waals surface area contributed by atoms with E-state index >= 15 is 0 Å². The summed E-state index contributed by atoms with van der Waals surface area (Å²) in [6, 6.07) is 13.9. The number of aromatic hydroxyl groups is 1. The summed E-state index contributed by atoms with van der Waals surface area (Å²) >= 11 is 0. The molecule has 86 valence electrons. The largest absolute Gasteiger partial charge is 0.508 e. The van der Waals surface area contributed by atoms with Crippen LogP contribution in [0.25, 0.3) is 0 Å². The Bertz CT molecular complexity index is 532. The molecule has 2 rings (SSSR count). The highest BCUT2D eigenvalue weighted by atomic mass is 16.4. The van der Waals surface area contributed by atoms with Crippen molar-refractivity contribution in [3.05, 3.63) is 65.2 Å². The zero-order valence-corrected chi connectivity index (χ0v) is 9.13. The van der Waals surface area contributed by atoms with Crippen LogP contribution >= 0.6 is 0 Å². The van der Waals surface area contributed by atoms with E-state index in [4.69, 9.17) is 5.11 Å². The summed E-state index contributed by atoms with van der Waals surface area (Å²) in [6.07, 6.45) is 0.497. The number of hydrogen-bond donors (Lipinski definition) is 2. The Morgan fingerprint density at radius 1 is 1.06 bits per heavy atom. The second-order valence-corrected chi connectivity index (χ2v) is 3.81. The van der Waals surface area contributed by atoms with Gasteiger partial charge in [0.15, 0.2) is 0 Å². The van der Waals surface area contributed by atoms with Crippen LogP contribution in [-0.2, 0) is 6.42 Å². The molecule has 2 aromatic rings. The Morgan fingerprint density at radius 3 is 2.41 bits per heavy atom. The second kappa shape index (κ2) is 4.70. The molecule has 0 unspecified atom stereocenters. The number of carboxylic acids is 1.